The minimum absolute atomic E-state index is 0. The van der Waals surface area contributed by atoms with Crippen LogP contribution in [0.4, 0.5) is 13.2 Å². The number of hydrogen-bond donors (Lipinski definition) is 2. The molecule has 0 aromatic rings. The second kappa shape index (κ2) is 13.7. The number of nitrogens with zero attached hydrogens (tertiary/aromatic N) is 1. The van der Waals surface area contributed by atoms with Crippen LogP contribution in [0.25, 0.3) is 0 Å². The summed E-state index contributed by atoms with van der Waals surface area (Å²) < 4.78 is 40.9. The lowest BCUT2D eigenvalue weighted by Gasteiger charge is -2.12. The van der Waals surface area contributed by atoms with Crippen molar-refractivity contribution in [1.29, 1.82) is 0 Å². The molecule has 0 aromatic heterocycles. The van der Waals surface area contributed by atoms with Crippen LogP contribution in [-0.4, -0.2) is 45.5 Å². The van der Waals surface area contributed by atoms with Crippen molar-refractivity contribution < 1.29 is 17.9 Å². The zero-order chi connectivity index (χ0) is 14.6. The van der Waals surface area contributed by atoms with Crippen LogP contribution in [0.15, 0.2) is 4.99 Å². The van der Waals surface area contributed by atoms with Gasteiger partial charge in [-0.1, -0.05) is 0 Å². The molecular weight excluding hydrogens is 386 g/mol. The van der Waals surface area contributed by atoms with Crippen LogP contribution in [0.2, 0.25) is 0 Å². The lowest BCUT2D eigenvalue weighted by Crippen LogP contribution is -2.38. The van der Waals surface area contributed by atoms with E-state index in [9.17, 15) is 13.2 Å². The summed E-state index contributed by atoms with van der Waals surface area (Å²) in [6, 6.07) is 0. The summed E-state index contributed by atoms with van der Waals surface area (Å²) in [6.07, 6.45) is -3.31. The van der Waals surface area contributed by atoms with Crippen molar-refractivity contribution in [2.45, 2.75) is 38.8 Å². The molecule has 0 fully saturated rings. The van der Waals surface area contributed by atoms with Crippen LogP contribution < -0.4 is 10.6 Å². The normalized spacial score (nSPS) is 11.9. The number of hydrogen-bond acceptors (Lipinski definition) is 2. The highest BCUT2D eigenvalue weighted by atomic mass is 127. The van der Waals surface area contributed by atoms with E-state index in [-0.39, 0.29) is 30.4 Å². The van der Waals surface area contributed by atoms with E-state index in [0.29, 0.717) is 32.1 Å². The van der Waals surface area contributed by atoms with Gasteiger partial charge in [0.2, 0.25) is 0 Å². The number of guanidine groups is 1. The first kappa shape index (κ1) is 22.0. The average Bonchev–Trinajstić information content (AvgIpc) is 2.34. The molecule has 0 radical (unpaired) electrons. The predicted octanol–water partition coefficient (Wildman–Crippen LogP) is 2.93. The Morgan fingerprint density at radius 3 is 2.20 bits per heavy atom. The Kier molecular flexibility index (Phi) is 15.1. The number of rotatable bonds is 9. The fourth-order valence-electron chi connectivity index (χ4n) is 1.40. The molecule has 0 rings (SSSR count). The monoisotopic (exact) mass is 411 g/mol. The number of ether oxygens (including phenoxy) is 1. The van der Waals surface area contributed by atoms with E-state index in [2.05, 4.69) is 15.6 Å². The van der Waals surface area contributed by atoms with Gasteiger partial charge in [0.15, 0.2) is 5.96 Å². The maximum Gasteiger partial charge on any atom is 0.389 e. The third kappa shape index (κ3) is 15.8. The van der Waals surface area contributed by atoms with Crippen LogP contribution in [0.5, 0.6) is 0 Å². The highest BCUT2D eigenvalue weighted by Crippen LogP contribution is 2.21. The van der Waals surface area contributed by atoms with Gasteiger partial charge in [0.05, 0.1) is 0 Å². The van der Waals surface area contributed by atoms with E-state index < -0.39 is 12.6 Å². The zero-order valence-corrected chi connectivity index (χ0v) is 14.4. The Morgan fingerprint density at radius 2 is 1.70 bits per heavy atom. The number of nitrogens with one attached hydrogen (secondary N) is 2. The molecule has 0 aliphatic heterocycles. The Bertz CT molecular complexity index is 251. The minimum Gasteiger partial charge on any atom is -0.382 e. The lowest BCUT2D eigenvalue weighted by atomic mass is 10.2. The number of unbranched alkanes of at least 4 members (excludes halogenated alkanes) is 1. The van der Waals surface area contributed by atoms with E-state index in [1.807, 2.05) is 6.92 Å². The summed E-state index contributed by atoms with van der Waals surface area (Å²) in [5.41, 5.74) is 0. The molecule has 0 aliphatic rings. The molecule has 0 aromatic carbocycles. The van der Waals surface area contributed by atoms with E-state index in [4.69, 9.17) is 4.74 Å². The summed E-state index contributed by atoms with van der Waals surface area (Å²) in [5.74, 6) is 0.614. The second-order valence-electron chi connectivity index (χ2n) is 4.05. The van der Waals surface area contributed by atoms with Crippen molar-refractivity contribution in [2.24, 2.45) is 4.99 Å². The van der Waals surface area contributed by atoms with Crippen molar-refractivity contribution in [1.82, 2.24) is 10.6 Å². The van der Waals surface area contributed by atoms with Gasteiger partial charge in [0.1, 0.15) is 0 Å². The van der Waals surface area contributed by atoms with Gasteiger partial charge in [0.25, 0.3) is 0 Å². The lowest BCUT2D eigenvalue weighted by molar-refractivity contribution is -0.135. The molecule has 0 saturated heterocycles. The standard InChI is InChI=1S/C12H24F3N3O.HI/c1-3-19-10-6-9-18-11(16-2)17-8-5-4-7-12(13,14)15;/h3-10H2,1-2H3,(H2,16,17,18);1H. The predicted molar refractivity (Wildman–Crippen MR) is 85.8 cm³/mol. The van der Waals surface area contributed by atoms with Gasteiger partial charge >= 0.3 is 6.18 Å². The van der Waals surface area contributed by atoms with Gasteiger partial charge in [-0.15, -0.1) is 24.0 Å². The molecule has 0 aliphatic carbocycles. The molecular formula is C12H25F3IN3O. The second-order valence-corrected chi connectivity index (χ2v) is 4.05. The summed E-state index contributed by atoms with van der Waals surface area (Å²) in [7, 11) is 1.63. The molecule has 0 amide bonds. The molecule has 0 spiro atoms. The summed E-state index contributed by atoms with van der Waals surface area (Å²) in [4.78, 5) is 3.98. The topological polar surface area (TPSA) is 45.6 Å². The molecule has 0 heterocycles. The number of halogens is 4. The van der Waals surface area contributed by atoms with Gasteiger partial charge in [-0.25, -0.2) is 0 Å². The van der Waals surface area contributed by atoms with E-state index in [1.165, 1.54) is 0 Å². The smallest absolute Gasteiger partial charge is 0.382 e. The van der Waals surface area contributed by atoms with Crippen molar-refractivity contribution in [2.75, 3.05) is 33.4 Å². The van der Waals surface area contributed by atoms with Crippen molar-refractivity contribution in [3.05, 3.63) is 0 Å². The summed E-state index contributed by atoms with van der Waals surface area (Å²) >= 11 is 0. The SMILES string of the molecule is CCOCCCNC(=NC)NCCCCC(F)(F)F.I. The first-order valence-corrected chi connectivity index (χ1v) is 6.58. The van der Waals surface area contributed by atoms with Gasteiger partial charge in [0, 0.05) is 39.8 Å². The van der Waals surface area contributed by atoms with Gasteiger partial charge in [-0.3, -0.25) is 4.99 Å². The molecule has 20 heavy (non-hydrogen) atoms. The molecule has 0 atom stereocenters. The number of alkyl halides is 3. The first-order valence-electron chi connectivity index (χ1n) is 6.58. The third-order valence-electron chi connectivity index (χ3n) is 2.37. The van der Waals surface area contributed by atoms with Crippen molar-refractivity contribution in [3.8, 4) is 0 Å². The van der Waals surface area contributed by atoms with E-state index >= 15 is 0 Å². The maximum absolute atomic E-state index is 11.9. The molecule has 4 nitrogen and oxygen atoms in total. The van der Waals surface area contributed by atoms with Crippen LogP contribution in [-0.2, 0) is 4.74 Å². The van der Waals surface area contributed by atoms with Crippen LogP contribution in [0.1, 0.15) is 32.6 Å². The minimum atomic E-state index is -4.06. The molecule has 2 N–H and O–H groups in total. The zero-order valence-electron chi connectivity index (χ0n) is 12.1. The van der Waals surface area contributed by atoms with E-state index in [0.717, 1.165) is 13.0 Å². The Labute approximate surface area is 136 Å². The highest BCUT2D eigenvalue weighted by Gasteiger charge is 2.25. The Morgan fingerprint density at radius 1 is 1.10 bits per heavy atom. The Balaban J connectivity index is 0. The summed E-state index contributed by atoms with van der Waals surface area (Å²) in [5, 5.41) is 6.05. The van der Waals surface area contributed by atoms with Gasteiger partial charge in [-0.05, 0) is 26.2 Å². The van der Waals surface area contributed by atoms with Gasteiger partial charge in [-0.2, -0.15) is 13.2 Å². The first-order chi connectivity index (χ1) is 8.99. The Hall–Kier alpha value is -0.250. The quantitative estimate of drug-likeness (QED) is 0.266. The largest absolute Gasteiger partial charge is 0.389 e. The fourth-order valence-corrected chi connectivity index (χ4v) is 1.40. The maximum atomic E-state index is 11.9. The van der Waals surface area contributed by atoms with Crippen LogP contribution in [0.3, 0.4) is 0 Å². The van der Waals surface area contributed by atoms with Gasteiger partial charge < -0.3 is 15.4 Å². The van der Waals surface area contributed by atoms with Crippen LogP contribution in [0, 0.1) is 0 Å². The molecule has 0 saturated carbocycles. The van der Waals surface area contributed by atoms with Crippen molar-refractivity contribution >= 4 is 29.9 Å². The fraction of sp³-hybridized carbons (Fsp3) is 0.917. The molecule has 0 unspecified atom stereocenters. The molecule has 122 valence electrons. The van der Waals surface area contributed by atoms with Crippen LogP contribution >= 0.6 is 24.0 Å². The highest BCUT2D eigenvalue weighted by molar-refractivity contribution is 14.0. The molecule has 0 bridgehead atoms. The van der Waals surface area contributed by atoms with E-state index in [1.54, 1.807) is 7.05 Å². The number of aliphatic imine (C=N–C) groups is 1. The third-order valence-corrected chi connectivity index (χ3v) is 2.37. The van der Waals surface area contributed by atoms with Crippen molar-refractivity contribution in [3.63, 3.8) is 0 Å². The molecule has 8 heteroatoms. The summed E-state index contributed by atoms with van der Waals surface area (Å²) in [6.45, 7) is 4.54. The average molecular weight is 411 g/mol.